The molecule has 1 amide bonds. The zero-order valence-electron chi connectivity index (χ0n) is 12.3. The smallest absolute Gasteiger partial charge is 0.337 e. The van der Waals surface area contributed by atoms with Gasteiger partial charge in [-0.15, -0.1) is 0 Å². The van der Waals surface area contributed by atoms with Crippen LogP contribution in [-0.4, -0.2) is 25.5 Å². The van der Waals surface area contributed by atoms with Crippen molar-refractivity contribution in [3.05, 3.63) is 35.4 Å². The van der Waals surface area contributed by atoms with Crippen LogP contribution in [0.2, 0.25) is 0 Å². The zero-order valence-corrected chi connectivity index (χ0v) is 12.3. The Kier molecular flexibility index (Phi) is 7.40. The standard InChI is InChI=1S/C16H23NO3/c1-3-4-5-6-7-12-17-15(18)13-8-10-14(11-9-13)16(19)20-2/h8-11H,3-7,12H2,1-2H3,(H,17,18). The van der Waals surface area contributed by atoms with Gasteiger partial charge in [0.05, 0.1) is 12.7 Å². The average Bonchev–Trinajstić information content (AvgIpc) is 2.50. The van der Waals surface area contributed by atoms with Crippen LogP contribution in [0, 0.1) is 0 Å². The summed E-state index contributed by atoms with van der Waals surface area (Å²) in [6.45, 7) is 2.88. The van der Waals surface area contributed by atoms with Crippen LogP contribution >= 0.6 is 0 Å². The van der Waals surface area contributed by atoms with Crippen LogP contribution in [0.1, 0.15) is 59.7 Å². The zero-order chi connectivity index (χ0) is 14.8. The minimum Gasteiger partial charge on any atom is -0.465 e. The number of hydrogen-bond acceptors (Lipinski definition) is 3. The highest BCUT2D eigenvalue weighted by Crippen LogP contribution is 2.06. The number of carbonyl (C=O) groups is 2. The minimum atomic E-state index is -0.395. The molecule has 0 atom stereocenters. The number of ether oxygens (including phenoxy) is 1. The largest absolute Gasteiger partial charge is 0.465 e. The summed E-state index contributed by atoms with van der Waals surface area (Å²) in [6.07, 6.45) is 5.85. The number of methoxy groups -OCH3 is 1. The summed E-state index contributed by atoms with van der Waals surface area (Å²) in [5, 5.41) is 2.88. The van der Waals surface area contributed by atoms with E-state index in [9.17, 15) is 9.59 Å². The number of carbonyl (C=O) groups excluding carboxylic acids is 2. The molecule has 20 heavy (non-hydrogen) atoms. The molecule has 1 N–H and O–H groups in total. The van der Waals surface area contributed by atoms with E-state index in [1.165, 1.54) is 26.4 Å². The SMILES string of the molecule is CCCCCCCNC(=O)c1ccc(C(=O)OC)cc1. The first-order chi connectivity index (χ1) is 9.69. The molecule has 4 heteroatoms. The summed E-state index contributed by atoms with van der Waals surface area (Å²) in [7, 11) is 1.33. The molecule has 0 bridgehead atoms. The second-order valence-corrected chi connectivity index (χ2v) is 4.74. The Morgan fingerprint density at radius 1 is 1.00 bits per heavy atom. The fraction of sp³-hybridized carbons (Fsp3) is 0.500. The van der Waals surface area contributed by atoms with E-state index < -0.39 is 5.97 Å². The lowest BCUT2D eigenvalue weighted by Crippen LogP contribution is -2.24. The van der Waals surface area contributed by atoms with Gasteiger partial charge in [-0.1, -0.05) is 32.6 Å². The summed E-state index contributed by atoms with van der Waals surface area (Å²) in [6, 6.07) is 6.47. The van der Waals surface area contributed by atoms with Crippen molar-refractivity contribution in [2.24, 2.45) is 0 Å². The van der Waals surface area contributed by atoms with Crippen molar-refractivity contribution in [3.8, 4) is 0 Å². The normalized spacial score (nSPS) is 10.1. The molecule has 0 saturated heterocycles. The van der Waals surface area contributed by atoms with Crippen molar-refractivity contribution in [2.45, 2.75) is 39.0 Å². The molecule has 0 fully saturated rings. The third kappa shape index (κ3) is 5.43. The van der Waals surface area contributed by atoms with Crippen LogP contribution in [-0.2, 0) is 4.74 Å². The molecule has 0 aliphatic rings. The van der Waals surface area contributed by atoms with Crippen LogP contribution in [0.4, 0.5) is 0 Å². The first-order valence-electron chi connectivity index (χ1n) is 7.15. The number of hydrogen-bond donors (Lipinski definition) is 1. The fourth-order valence-electron chi connectivity index (χ4n) is 1.91. The topological polar surface area (TPSA) is 55.4 Å². The molecular formula is C16H23NO3. The van der Waals surface area contributed by atoms with Crippen molar-refractivity contribution in [2.75, 3.05) is 13.7 Å². The lowest BCUT2D eigenvalue weighted by molar-refractivity contribution is 0.0600. The first kappa shape index (κ1) is 16.2. The van der Waals surface area contributed by atoms with Crippen LogP contribution in [0.15, 0.2) is 24.3 Å². The second-order valence-electron chi connectivity index (χ2n) is 4.74. The van der Waals surface area contributed by atoms with E-state index in [0.717, 1.165) is 12.8 Å². The summed E-state index contributed by atoms with van der Waals surface area (Å²) >= 11 is 0. The van der Waals surface area contributed by atoms with Gasteiger partial charge < -0.3 is 10.1 Å². The quantitative estimate of drug-likeness (QED) is 0.586. The molecule has 0 aliphatic heterocycles. The van der Waals surface area contributed by atoms with Gasteiger partial charge in [0, 0.05) is 12.1 Å². The van der Waals surface area contributed by atoms with Crippen LogP contribution in [0.25, 0.3) is 0 Å². The van der Waals surface area contributed by atoms with Crippen LogP contribution in [0.3, 0.4) is 0 Å². The van der Waals surface area contributed by atoms with E-state index in [1.54, 1.807) is 24.3 Å². The maximum Gasteiger partial charge on any atom is 0.337 e. The number of rotatable bonds is 8. The van der Waals surface area contributed by atoms with Crippen molar-refractivity contribution in [3.63, 3.8) is 0 Å². The molecule has 0 heterocycles. The third-order valence-corrected chi connectivity index (χ3v) is 3.13. The van der Waals surface area contributed by atoms with E-state index in [0.29, 0.717) is 17.7 Å². The number of benzene rings is 1. The Morgan fingerprint density at radius 3 is 2.20 bits per heavy atom. The summed E-state index contributed by atoms with van der Waals surface area (Å²) in [5.74, 6) is -0.496. The highest BCUT2D eigenvalue weighted by atomic mass is 16.5. The van der Waals surface area contributed by atoms with Crippen molar-refractivity contribution < 1.29 is 14.3 Å². The molecule has 0 aromatic heterocycles. The van der Waals surface area contributed by atoms with E-state index in [-0.39, 0.29) is 5.91 Å². The van der Waals surface area contributed by atoms with E-state index in [1.807, 2.05) is 0 Å². The predicted octanol–water partition coefficient (Wildman–Crippen LogP) is 3.17. The highest BCUT2D eigenvalue weighted by molar-refractivity contribution is 5.96. The minimum absolute atomic E-state index is 0.100. The average molecular weight is 277 g/mol. The van der Waals surface area contributed by atoms with Gasteiger partial charge in [-0.05, 0) is 30.7 Å². The third-order valence-electron chi connectivity index (χ3n) is 3.13. The van der Waals surface area contributed by atoms with E-state index in [4.69, 9.17) is 0 Å². The molecule has 0 aliphatic carbocycles. The molecule has 0 unspecified atom stereocenters. The lowest BCUT2D eigenvalue weighted by Gasteiger charge is -2.06. The summed E-state index contributed by atoms with van der Waals surface area (Å²) in [5.41, 5.74) is 1.01. The Bertz CT molecular complexity index is 426. The second kappa shape index (κ2) is 9.13. The van der Waals surface area contributed by atoms with Gasteiger partial charge in [-0.3, -0.25) is 4.79 Å². The molecule has 0 spiro atoms. The van der Waals surface area contributed by atoms with Crippen molar-refractivity contribution >= 4 is 11.9 Å². The van der Waals surface area contributed by atoms with E-state index >= 15 is 0 Å². The van der Waals surface area contributed by atoms with Crippen molar-refractivity contribution in [1.29, 1.82) is 0 Å². The van der Waals surface area contributed by atoms with Crippen LogP contribution in [0.5, 0.6) is 0 Å². The number of nitrogens with one attached hydrogen (secondary N) is 1. The van der Waals surface area contributed by atoms with Crippen LogP contribution < -0.4 is 5.32 Å². The fourth-order valence-corrected chi connectivity index (χ4v) is 1.91. The summed E-state index contributed by atoms with van der Waals surface area (Å²) in [4.78, 5) is 23.1. The Labute approximate surface area is 120 Å². The molecule has 1 aromatic carbocycles. The van der Waals surface area contributed by atoms with Gasteiger partial charge in [0.25, 0.3) is 5.91 Å². The molecule has 110 valence electrons. The maximum absolute atomic E-state index is 11.9. The van der Waals surface area contributed by atoms with Gasteiger partial charge in [-0.2, -0.15) is 0 Å². The van der Waals surface area contributed by atoms with Gasteiger partial charge in [-0.25, -0.2) is 4.79 Å². The molecule has 0 radical (unpaired) electrons. The molecule has 1 rings (SSSR count). The molecular weight excluding hydrogens is 254 g/mol. The predicted molar refractivity (Wildman–Crippen MR) is 78.9 cm³/mol. The van der Waals surface area contributed by atoms with Crippen molar-refractivity contribution in [1.82, 2.24) is 5.32 Å². The highest BCUT2D eigenvalue weighted by Gasteiger charge is 2.08. The molecule has 0 saturated carbocycles. The van der Waals surface area contributed by atoms with E-state index in [2.05, 4.69) is 17.0 Å². The Balaban J connectivity index is 2.34. The number of unbranched alkanes of at least 4 members (excludes halogenated alkanes) is 4. The molecule has 4 nitrogen and oxygen atoms in total. The van der Waals surface area contributed by atoms with Gasteiger partial charge in [0.1, 0.15) is 0 Å². The number of amides is 1. The first-order valence-corrected chi connectivity index (χ1v) is 7.15. The maximum atomic E-state index is 11.9. The lowest BCUT2D eigenvalue weighted by atomic mass is 10.1. The summed E-state index contributed by atoms with van der Waals surface area (Å²) < 4.78 is 4.61. The molecule has 1 aromatic rings. The Morgan fingerprint density at radius 2 is 1.60 bits per heavy atom. The monoisotopic (exact) mass is 277 g/mol. The number of esters is 1. The van der Waals surface area contributed by atoms with Gasteiger partial charge >= 0.3 is 5.97 Å². The van der Waals surface area contributed by atoms with Gasteiger partial charge in [0.2, 0.25) is 0 Å². The van der Waals surface area contributed by atoms with Gasteiger partial charge in [0.15, 0.2) is 0 Å². The Hall–Kier alpha value is -1.84.